The van der Waals surface area contributed by atoms with Gasteiger partial charge in [-0.05, 0) is 0 Å². The number of benzene rings is 2. The number of rotatable bonds is 16. The molecule has 0 bridgehead atoms. The predicted octanol–water partition coefficient (Wildman–Crippen LogP) is 9.97. The Hall–Kier alpha value is -2.65. The van der Waals surface area contributed by atoms with Gasteiger partial charge < -0.3 is 0 Å². The normalized spacial score (nSPS) is 15.0. The number of alkyl halides is 2. The number of halogens is 6. The Labute approximate surface area is 313 Å². The minimum absolute atomic E-state index is 0.0435. The second-order valence-corrected chi connectivity index (χ2v) is 21.5. The van der Waals surface area contributed by atoms with Crippen LogP contribution in [0.1, 0.15) is 67.2 Å². The van der Waals surface area contributed by atoms with Gasteiger partial charge in [0.15, 0.2) is 0 Å². The summed E-state index contributed by atoms with van der Waals surface area (Å²) in [4.78, 5) is 30.5. The first-order valence-corrected chi connectivity index (χ1v) is 22.0. The molecule has 2 aromatic rings. The van der Waals surface area contributed by atoms with Crippen molar-refractivity contribution in [1.29, 1.82) is 0 Å². The maximum absolute atomic E-state index is 17.7. The summed E-state index contributed by atoms with van der Waals surface area (Å²) in [6, 6.07) is 4.64. The van der Waals surface area contributed by atoms with Crippen molar-refractivity contribution < 1.29 is 43.7 Å². The molecule has 4 rings (SSSR count). The fourth-order valence-corrected chi connectivity index (χ4v) is 15.9. The monoisotopic (exact) mass is 782 g/mol. The van der Waals surface area contributed by atoms with Crippen molar-refractivity contribution in [1.82, 2.24) is 0 Å². The standard InChI is InChI=1S/2C15H19ClF2NO.2C5H5.Ti/c2*1-4-5-8-19(14(20)15(2,3)10-16)13-7-6-11(17)9-12(13)18;2*1-2-4-5-3-1;/h2*6-7H,4-5,8,10H2,1-3H3;2*1-5H;. The van der Waals surface area contributed by atoms with Gasteiger partial charge in [-0.15, -0.1) is 0 Å². The van der Waals surface area contributed by atoms with Gasteiger partial charge in [0.05, 0.1) is 0 Å². The number of hydrogen-bond donors (Lipinski definition) is 0. The van der Waals surface area contributed by atoms with E-state index in [4.69, 9.17) is 23.2 Å². The third-order valence-corrected chi connectivity index (χ3v) is 19.7. The summed E-state index contributed by atoms with van der Waals surface area (Å²) < 4.78 is 66.7. The van der Waals surface area contributed by atoms with E-state index in [1.165, 1.54) is 21.9 Å². The van der Waals surface area contributed by atoms with Crippen molar-refractivity contribution in [2.75, 3.05) is 34.6 Å². The Morgan fingerprint density at radius 2 is 0.980 bits per heavy atom. The summed E-state index contributed by atoms with van der Waals surface area (Å²) in [6.45, 7) is 10.7. The molecule has 0 aromatic heterocycles. The van der Waals surface area contributed by atoms with Gasteiger partial charge in [-0.25, -0.2) is 0 Å². The van der Waals surface area contributed by atoms with Crippen LogP contribution in [0.25, 0.3) is 0 Å². The van der Waals surface area contributed by atoms with Crippen LogP contribution >= 0.6 is 23.2 Å². The molecule has 0 N–H and O–H groups in total. The fraction of sp³-hybridized carbons (Fsp3) is 0.450. The zero-order valence-electron chi connectivity index (χ0n) is 30.2. The molecule has 0 aliphatic heterocycles. The molecular weight excluding hydrogens is 735 g/mol. The molecule has 2 aromatic carbocycles. The number of unbranched alkanes of at least 4 members (excludes halogenated alkanes) is 2. The van der Waals surface area contributed by atoms with Crippen molar-refractivity contribution in [2.45, 2.75) is 75.7 Å². The van der Waals surface area contributed by atoms with Gasteiger partial charge in [-0.2, -0.15) is 0 Å². The van der Waals surface area contributed by atoms with Crippen molar-refractivity contribution in [3.63, 3.8) is 0 Å². The molecular formula is C40H48Cl2F4N2O2Ti. The van der Waals surface area contributed by atoms with Crippen LogP contribution in [0.4, 0.5) is 28.9 Å². The van der Waals surface area contributed by atoms with E-state index in [0.717, 1.165) is 12.1 Å². The van der Waals surface area contributed by atoms with Crippen LogP contribution < -0.4 is 17.5 Å². The van der Waals surface area contributed by atoms with E-state index in [1.54, 1.807) is 76.3 Å². The SMILES string of the molecule is CCCCN(C(=O)C(C)(C)CCl)c1ccc(F)[c]([Ti]([c]2c(F)ccc(N(CCCC)C(=O)C(C)(C)CCl)c2F)([CH]2C=CC=C2)[CH]2C=CC=C2)c1F. The van der Waals surface area contributed by atoms with Gasteiger partial charge >= 0.3 is 315 Å². The Bertz CT molecular complexity index is 1590. The number of anilines is 2. The Morgan fingerprint density at radius 3 is 1.27 bits per heavy atom. The van der Waals surface area contributed by atoms with Crippen molar-refractivity contribution in [3.05, 3.63) is 96.1 Å². The molecule has 51 heavy (non-hydrogen) atoms. The van der Waals surface area contributed by atoms with E-state index in [0.29, 0.717) is 25.7 Å². The van der Waals surface area contributed by atoms with Crippen LogP contribution in [0.5, 0.6) is 0 Å². The van der Waals surface area contributed by atoms with Crippen molar-refractivity contribution in [2.24, 2.45) is 10.8 Å². The van der Waals surface area contributed by atoms with E-state index in [1.807, 2.05) is 13.8 Å². The molecule has 0 saturated heterocycles. The summed E-state index contributed by atoms with van der Waals surface area (Å²) in [5.74, 6) is -4.95. The summed E-state index contributed by atoms with van der Waals surface area (Å²) in [5.41, 5.74) is -2.51. The van der Waals surface area contributed by atoms with Crippen molar-refractivity contribution >= 4 is 54.1 Å². The molecule has 4 nitrogen and oxygen atoms in total. The van der Waals surface area contributed by atoms with E-state index in [-0.39, 0.29) is 36.2 Å². The van der Waals surface area contributed by atoms with Crippen LogP contribution in [0.3, 0.4) is 0 Å². The fourth-order valence-electron chi connectivity index (χ4n) is 6.88. The van der Waals surface area contributed by atoms with E-state index in [9.17, 15) is 9.59 Å². The first-order chi connectivity index (χ1) is 24.1. The number of allylic oxidation sites excluding steroid dienone is 8. The quantitative estimate of drug-likeness (QED) is 0.0967. The molecule has 0 unspecified atom stereocenters. The summed E-state index contributed by atoms with van der Waals surface area (Å²) in [5, 5.41) is 0. The second-order valence-electron chi connectivity index (χ2n) is 14.6. The van der Waals surface area contributed by atoms with Gasteiger partial charge in [-0.3, -0.25) is 0 Å². The Kier molecular flexibility index (Phi) is 13.7. The van der Waals surface area contributed by atoms with Gasteiger partial charge in [0.1, 0.15) is 0 Å². The van der Waals surface area contributed by atoms with Crippen molar-refractivity contribution in [3.8, 4) is 0 Å². The van der Waals surface area contributed by atoms with Gasteiger partial charge in [0.25, 0.3) is 0 Å². The average Bonchev–Trinajstić information content (AvgIpc) is 3.85. The van der Waals surface area contributed by atoms with Crippen LogP contribution in [0.2, 0.25) is 8.45 Å². The summed E-state index contributed by atoms with van der Waals surface area (Å²) >= 11 is 7.15. The molecule has 0 fully saturated rings. The average molecular weight is 784 g/mol. The predicted molar refractivity (Wildman–Crippen MR) is 200 cm³/mol. The van der Waals surface area contributed by atoms with Crippen LogP contribution in [0, 0.1) is 34.1 Å². The second kappa shape index (κ2) is 17.0. The zero-order valence-corrected chi connectivity index (χ0v) is 33.3. The number of amides is 2. The maximum atomic E-state index is 17.7. The Morgan fingerprint density at radius 1 is 0.647 bits per heavy atom. The third kappa shape index (κ3) is 7.86. The molecule has 0 spiro atoms. The molecule has 0 heterocycles. The molecule has 0 radical (unpaired) electrons. The summed E-state index contributed by atoms with van der Waals surface area (Å²) in [7, 11) is 0. The van der Waals surface area contributed by atoms with E-state index >= 15 is 17.6 Å². The molecule has 0 saturated carbocycles. The first kappa shape index (κ1) is 41.1. The topological polar surface area (TPSA) is 40.6 Å². The number of carbonyl (C=O) groups is 2. The molecule has 2 amide bonds. The first-order valence-electron chi connectivity index (χ1n) is 17.6. The molecule has 276 valence electrons. The Balaban J connectivity index is 2.16. The number of hydrogen-bond acceptors (Lipinski definition) is 2. The third-order valence-electron chi connectivity index (χ3n) is 9.88. The van der Waals surface area contributed by atoms with Gasteiger partial charge in [0.2, 0.25) is 0 Å². The zero-order chi connectivity index (χ0) is 37.7. The number of carbonyl (C=O) groups excluding carboxylic acids is 2. The van der Waals surface area contributed by atoms with Crippen LogP contribution in [0.15, 0.2) is 72.9 Å². The van der Waals surface area contributed by atoms with Gasteiger partial charge in [-0.1, -0.05) is 0 Å². The molecule has 2 aliphatic carbocycles. The number of nitrogens with zero attached hydrogens (tertiary/aromatic N) is 2. The summed E-state index contributed by atoms with van der Waals surface area (Å²) in [6.07, 6.45) is 16.2. The van der Waals surface area contributed by atoms with Crippen LogP contribution in [-0.4, -0.2) is 36.7 Å². The van der Waals surface area contributed by atoms with Gasteiger partial charge in [0, 0.05) is 0 Å². The minimum atomic E-state index is -5.25. The van der Waals surface area contributed by atoms with E-state index < -0.39 is 78.7 Å². The molecule has 11 heteroatoms. The van der Waals surface area contributed by atoms with E-state index in [2.05, 4.69) is 0 Å². The molecule has 2 aliphatic rings. The van der Waals surface area contributed by atoms with Crippen LogP contribution in [-0.2, 0) is 26.2 Å². The molecule has 0 atom stereocenters.